The second-order valence-electron chi connectivity index (χ2n) is 4.52. The Morgan fingerprint density at radius 3 is 2.93 bits per heavy atom. The highest BCUT2D eigenvalue weighted by Gasteiger charge is 2.38. The molecule has 1 heterocycles. The minimum atomic E-state index is -0.159. The molecule has 1 aliphatic carbocycles. The molecule has 0 atom stereocenters. The van der Waals surface area contributed by atoms with Crippen LogP contribution in [0.5, 0.6) is 0 Å². The van der Waals surface area contributed by atoms with E-state index in [0.717, 1.165) is 30.3 Å². The maximum Gasteiger partial charge on any atom is 0.132 e. The van der Waals surface area contributed by atoms with E-state index in [1.165, 1.54) is 6.07 Å². The number of aromatic amines is 1. The van der Waals surface area contributed by atoms with E-state index in [2.05, 4.69) is 4.98 Å². The van der Waals surface area contributed by atoms with E-state index < -0.39 is 0 Å². The Bertz CT molecular complexity index is 511. The van der Waals surface area contributed by atoms with Crippen LogP contribution in [0.2, 0.25) is 0 Å². The highest BCUT2D eigenvalue weighted by Crippen LogP contribution is 2.37. The first-order valence-electron chi connectivity index (χ1n) is 5.21. The topological polar surface area (TPSA) is 41.8 Å². The van der Waals surface area contributed by atoms with Crippen LogP contribution < -0.4 is 5.73 Å². The Morgan fingerprint density at radius 2 is 2.20 bits per heavy atom. The molecule has 3 heteroatoms. The summed E-state index contributed by atoms with van der Waals surface area (Å²) < 4.78 is 13.6. The third-order valence-electron chi connectivity index (χ3n) is 3.17. The zero-order valence-electron chi connectivity index (χ0n) is 8.39. The predicted molar refractivity (Wildman–Crippen MR) is 58.1 cm³/mol. The molecular weight excluding hydrogens is 191 g/mol. The van der Waals surface area contributed by atoms with Crippen LogP contribution in [0, 0.1) is 5.82 Å². The maximum absolute atomic E-state index is 13.6. The van der Waals surface area contributed by atoms with Crippen molar-refractivity contribution in [2.24, 2.45) is 5.73 Å². The molecule has 0 saturated heterocycles. The van der Waals surface area contributed by atoms with Crippen molar-refractivity contribution in [3.63, 3.8) is 0 Å². The van der Waals surface area contributed by atoms with Crippen molar-refractivity contribution in [1.82, 2.24) is 4.98 Å². The minimum absolute atomic E-state index is 0.0720. The fourth-order valence-electron chi connectivity index (χ4n) is 2.06. The number of halogens is 1. The van der Waals surface area contributed by atoms with Gasteiger partial charge in [0.05, 0.1) is 0 Å². The molecule has 1 saturated carbocycles. The summed E-state index contributed by atoms with van der Waals surface area (Å²) in [6.45, 7) is 0. The van der Waals surface area contributed by atoms with Gasteiger partial charge < -0.3 is 10.7 Å². The van der Waals surface area contributed by atoms with Crippen molar-refractivity contribution in [2.45, 2.75) is 24.8 Å². The van der Waals surface area contributed by atoms with Gasteiger partial charge in [-0.05, 0) is 37.0 Å². The summed E-state index contributed by atoms with van der Waals surface area (Å²) in [5.41, 5.74) is 7.83. The summed E-state index contributed by atoms with van der Waals surface area (Å²) >= 11 is 0. The number of benzene rings is 1. The van der Waals surface area contributed by atoms with Gasteiger partial charge in [-0.3, -0.25) is 0 Å². The van der Waals surface area contributed by atoms with Crippen molar-refractivity contribution in [2.75, 3.05) is 0 Å². The SMILES string of the molecule is NC1(Cc2c[nH]c3cccc(F)c23)CC1. The standard InChI is InChI=1S/C12H13FN2/c13-9-2-1-3-10-11(9)8(7-15-10)6-12(14)4-5-12/h1-3,7,15H,4-6,14H2. The smallest absolute Gasteiger partial charge is 0.132 e. The maximum atomic E-state index is 13.6. The van der Waals surface area contributed by atoms with Gasteiger partial charge in [-0.2, -0.15) is 0 Å². The van der Waals surface area contributed by atoms with Gasteiger partial charge in [0.2, 0.25) is 0 Å². The first kappa shape index (κ1) is 8.92. The number of rotatable bonds is 2. The second-order valence-corrected chi connectivity index (χ2v) is 4.52. The summed E-state index contributed by atoms with van der Waals surface area (Å²) in [6, 6.07) is 5.10. The molecule has 2 aromatic rings. The number of hydrogen-bond acceptors (Lipinski definition) is 1. The number of fused-ring (bicyclic) bond motifs is 1. The Kier molecular flexibility index (Phi) is 1.68. The molecule has 3 rings (SSSR count). The molecule has 1 fully saturated rings. The molecule has 0 aliphatic heterocycles. The van der Waals surface area contributed by atoms with Crippen LogP contribution in [-0.2, 0) is 6.42 Å². The zero-order valence-corrected chi connectivity index (χ0v) is 8.39. The number of nitrogens with two attached hydrogens (primary N) is 1. The zero-order chi connectivity index (χ0) is 10.5. The van der Waals surface area contributed by atoms with Gasteiger partial charge in [0.25, 0.3) is 0 Å². The molecule has 1 aromatic carbocycles. The van der Waals surface area contributed by atoms with Gasteiger partial charge in [-0.1, -0.05) is 6.07 Å². The van der Waals surface area contributed by atoms with Crippen molar-refractivity contribution < 1.29 is 4.39 Å². The molecular formula is C12H13FN2. The lowest BCUT2D eigenvalue weighted by Crippen LogP contribution is -2.24. The number of H-pyrrole nitrogens is 1. The van der Waals surface area contributed by atoms with E-state index in [4.69, 9.17) is 5.73 Å². The largest absolute Gasteiger partial charge is 0.361 e. The van der Waals surface area contributed by atoms with E-state index in [1.54, 1.807) is 6.07 Å². The van der Waals surface area contributed by atoms with E-state index in [9.17, 15) is 4.39 Å². The molecule has 15 heavy (non-hydrogen) atoms. The molecule has 0 unspecified atom stereocenters. The number of hydrogen-bond donors (Lipinski definition) is 2. The molecule has 0 spiro atoms. The lowest BCUT2D eigenvalue weighted by Gasteiger charge is -2.06. The first-order chi connectivity index (χ1) is 7.18. The summed E-state index contributed by atoms with van der Waals surface area (Å²) in [7, 11) is 0. The molecule has 1 aromatic heterocycles. The fraction of sp³-hybridized carbons (Fsp3) is 0.333. The van der Waals surface area contributed by atoms with Crippen LogP contribution in [0.3, 0.4) is 0 Å². The lowest BCUT2D eigenvalue weighted by atomic mass is 10.0. The van der Waals surface area contributed by atoms with Gasteiger partial charge in [0.1, 0.15) is 5.82 Å². The third kappa shape index (κ3) is 1.43. The summed E-state index contributed by atoms with van der Waals surface area (Å²) in [4.78, 5) is 3.08. The fourth-order valence-corrected chi connectivity index (χ4v) is 2.06. The van der Waals surface area contributed by atoms with Gasteiger partial charge in [-0.15, -0.1) is 0 Å². The summed E-state index contributed by atoms with van der Waals surface area (Å²) in [6.07, 6.45) is 4.75. The van der Waals surface area contributed by atoms with Crippen molar-refractivity contribution in [1.29, 1.82) is 0 Å². The van der Waals surface area contributed by atoms with E-state index in [0.29, 0.717) is 5.39 Å². The second kappa shape index (κ2) is 2.83. The lowest BCUT2D eigenvalue weighted by molar-refractivity contribution is 0.634. The first-order valence-corrected chi connectivity index (χ1v) is 5.21. The van der Waals surface area contributed by atoms with E-state index >= 15 is 0 Å². The molecule has 1 aliphatic rings. The quantitative estimate of drug-likeness (QED) is 0.774. The van der Waals surface area contributed by atoms with Crippen molar-refractivity contribution in [3.05, 3.63) is 35.8 Å². The van der Waals surface area contributed by atoms with Gasteiger partial charge in [-0.25, -0.2) is 4.39 Å². The average Bonchev–Trinajstić information content (AvgIpc) is 2.76. The molecule has 0 radical (unpaired) electrons. The van der Waals surface area contributed by atoms with Crippen molar-refractivity contribution in [3.8, 4) is 0 Å². The molecule has 0 amide bonds. The normalized spacial score (nSPS) is 18.3. The Hall–Kier alpha value is -1.35. The van der Waals surface area contributed by atoms with E-state index in [-0.39, 0.29) is 11.4 Å². The molecule has 78 valence electrons. The molecule has 2 nitrogen and oxygen atoms in total. The highest BCUT2D eigenvalue weighted by atomic mass is 19.1. The summed E-state index contributed by atoms with van der Waals surface area (Å²) in [5, 5.41) is 0.703. The van der Waals surface area contributed by atoms with Crippen LogP contribution in [0.25, 0.3) is 10.9 Å². The minimum Gasteiger partial charge on any atom is -0.361 e. The van der Waals surface area contributed by atoms with Gasteiger partial charge in [0.15, 0.2) is 0 Å². The van der Waals surface area contributed by atoms with Crippen LogP contribution in [0.15, 0.2) is 24.4 Å². The average molecular weight is 204 g/mol. The van der Waals surface area contributed by atoms with E-state index in [1.807, 2.05) is 12.3 Å². The monoisotopic (exact) mass is 204 g/mol. The number of nitrogens with one attached hydrogen (secondary N) is 1. The van der Waals surface area contributed by atoms with Crippen LogP contribution in [-0.4, -0.2) is 10.5 Å². The van der Waals surface area contributed by atoms with Crippen molar-refractivity contribution >= 4 is 10.9 Å². The van der Waals surface area contributed by atoms with Gasteiger partial charge in [0, 0.05) is 22.6 Å². The Morgan fingerprint density at radius 1 is 1.40 bits per heavy atom. The Balaban J connectivity index is 2.10. The molecule has 0 bridgehead atoms. The number of aromatic nitrogens is 1. The highest BCUT2D eigenvalue weighted by molar-refractivity contribution is 5.83. The van der Waals surface area contributed by atoms with Gasteiger partial charge >= 0.3 is 0 Å². The van der Waals surface area contributed by atoms with Crippen LogP contribution in [0.4, 0.5) is 4.39 Å². The van der Waals surface area contributed by atoms with Crippen LogP contribution >= 0.6 is 0 Å². The predicted octanol–water partition coefficient (Wildman–Crippen LogP) is 2.34. The van der Waals surface area contributed by atoms with Crippen LogP contribution in [0.1, 0.15) is 18.4 Å². The summed E-state index contributed by atoms with van der Waals surface area (Å²) in [5.74, 6) is -0.159. The molecule has 3 N–H and O–H groups in total. The Labute approximate surface area is 87.3 Å². The third-order valence-corrected chi connectivity index (χ3v) is 3.17.